The van der Waals surface area contributed by atoms with Gasteiger partial charge in [-0.25, -0.2) is 4.39 Å². The quantitative estimate of drug-likeness (QED) is 0.366. The third-order valence-electron chi connectivity index (χ3n) is 6.90. The van der Waals surface area contributed by atoms with Gasteiger partial charge in [-0.1, -0.05) is 37.1 Å². The molecule has 150 valence electrons. The predicted octanol–water partition coefficient (Wildman–Crippen LogP) is 7.62. The van der Waals surface area contributed by atoms with E-state index < -0.39 is 5.83 Å². The molecule has 0 atom stereocenters. The molecule has 1 aromatic rings. The first-order chi connectivity index (χ1) is 13.7. The maximum absolute atomic E-state index is 13.1. The molecule has 0 heterocycles. The van der Waals surface area contributed by atoms with Gasteiger partial charge in [0, 0.05) is 0 Å². The number of nitriles is 1. The Labute approximate surface area is 168 Å². The Hall–Kier alpha value is -1.95. The van der Waals surface area contributed by atoms with Gasteiger partial charge in [0.15, 0.2) is 5.83 Å². The molecule has 28 heavy (non-hydrogen) atoms. The van der Waals surface area contributed by atoms with Gasteiger partial charge in [0.05, 0.1) is 0 Å². The van der Waals surface area contributed by atoms with Crippen molar-refractivity contribution in [2.45, 2.75) is 70.1 Å². The van der Waals surface area contributed by atoms with Gasteiger partial charge in [0.1, 0.15) is 11.9 Å². The Balaban J connectivity index is 1.35. The van der Waals surface area contributed by atoms with E-state index in [9.17, 15) is 8.78 Å². The van der Waals surface area contributed by atoms with Crippen LogP contribution >= 0.6 is 0 Å². The van der Waals surface area contributed by atoms with Crippen LogP contribution in [-0.2, 0) is 0 Å². The molecule has 3 rings (SSSR count). The minimum Gasteiger partial charge on any atom is -0.207 e. The second-order valence-electron chi connectivity index (χ2n) is 8.58. The molecule has 0 saturated heterocycles. The second kappa shape index (κ2) is 10.6. The molecule has 0 N–H and O–H groups in total. The number of allylic oxidation sites excluding steroid dienone is 4. The van der Waals surface area contributed by atoms with Crippen molar-refractivity contribution in [1.82, 2.24) is 0 Å². The predicted molar refractivity (Wildman–Crippen MR) is 110 cm³/mol. The zero-order chi connectivity index (χ0) is 19.8. The lowest BCUT2D eigenvalue weighted by Crippen LogP contribution is -2.25. The van der Waals surface area contributed by atoms with Crippen LogP contribution in [-0.4, -0.2) is 0 Å². The molecule has 0 spiro atoms. The van der Waals surface area contributed by atoms with Gasteiger partial charge in [-0.05, 0) is 98.8 Å². The van der Waals surface area contributed by atoms with Crippen LogP contribution in [0.4, 0.5) is 8.78 Å². The molecule has 2 saturated carbocycles. The molecule has 2 aliphatic carbocycles. The number of benzene rings is 1. The van der Waals surface area contributed by atoms with E-state index in [1.807, 2.05) is 18.2 Å². The fraction of sp³-hybridized carbons (Fsp3) is 0.560. The highest BCUT2D eigenvalue weighted by atomic mass is 19.1. The molecule has 0 amide bonds. The van der Waals surface area contributed by atoms with Gasteiger partial charge in [-0.3, -0.25) is 0 Å². The Morgan fingerprint density at radius 2 is 1.57 bits per heavy atom. The van der Waals surface area contributed by atoms with Crippen molar-refractivity contribution in [3.05, 3.63) is 59.7 Å². The molecule has 0 aromatic heterocycles. The lowest BCUT2D eigenvalue weighted by molar-refractivity contribution is 0.157. The Morgan fingerprint density at radius 3 is 2.18 bits per heavy atom. The summed E-state index contributed by atoms with van der Waals surface area (Å²) in [5.41, 5.74) is 1.31. The van der Waals surface area contributed by atoms with Crippen LogP contribution in [0, 0.1) is 34.9 Å². The molecule has 0 radical (unpaired) electrons. The highest BCUT2D eigenvalue weighted by molar-refractivity contribution is 5.21. The fourth-order valence-electron chi connectivity index (χ4n) is 5.23. The maximum Gasteiger partial charge on any atom is 0.199 e. The summed E-state index contributed by atoms with van der Waals surface area (Å²) in [6.07, 6.45) is 17.5. The summed E-state index contributed by atoms with van der Waals surface area (Å²) in [6, 6.07) is 8.59. The molecule has 0 bridgehead atoms. The fourth-order valence-corrected chi connectivity index (χ4v) is 5.23. The van der Waals surface area contributed by atoms with E-state index in [-0.39, 0.29) is 5.82 Å². The second-order valence-corrected chi connectivity index (χ2v) is 8.58. The molecular formula is C25H31F2N. The van der Waals surface area contributed by atoms with Gasteiger partial charge in [-0.2, -0.15) is 9.65 Å². The number of hydrogen-bond donors (Lipinski definition) is 0. The first-order valence-electron chi connectivity index (χ1n) is 10.8. The number of nitrogens with zero attached hydrogens (tertiary/aromatic N) is 1. The number of rotatable bonds is 6. The Morgan fingerprint density at radius 1 is 0.964 bits per heavy atom. The highest BCUT2D eigenvalue weighted by Crippen LogP contribution is 2.44. The summed E-state index contributed by atoms with van der Waals surface area (Å²) in [5, 5.41) is 8.37. The minimum absolute atomic E-state index is 0.143. The number of halogens is 2. The SMILES string of the molecule is N#CC(F)=CC=CCC[C@H]1CC[C@H]([C@H]2CC[C@H](c3ccc(F)cc3)CC2)CC1. The third-order valence-corrected chi connectivity index (χ3v) is 6.90. The molecule has 0 unspecified atom stereocenters. The van der Waals surface area contributed by atoms with Crippen molar-refractivity contribution in [2.24, 2.45) is 17.8 Å². The van der Waals surface area contributed by atoms with Gasteiger partial charge in [0.2, 0.25) is 0 Å². The van der Waals surface area contributed by atoms with E-state index >= 15 is 0 Å². The summed E-state index contributed by atoms with van der Waals surface area (Å²) in [5.74, 6) is 2.28. The van der Waals surface area contributed by atoms with Gasteiger partial charge < -0.3 is 0 Å². The lowest BCUT2D eigenvalue weighted by atomic mass is 9.68. The molecule has 0 aliphatic heterocycles. The smallest absolute Gasteiger partial charge is 0.199 e. The van der Waals surface area contributed by atoms with Crippen molar-refractivity contribution >= 4 is 0 Å². The zero-order valence-corrected chi connectivity index (χ0v) is 16.6. The molecule has 2 fully saturated rings. The van der Waals surface area contributed by atoms with Crippen molar-refractivity contribution in [3.63, 3.8) is 0 Å². The van der Waals surface area contributed by atoms with Crippen LogP contribution in [0.3, 0.4) is 0 Å². The van der Waals surface area contributed by atoms with Crippen molar-refractivity contribution in [3.8, 4) is 6.07 Å². The summed E-state index contributed by atoms with van der Waals surface area (Å²) >= 11 is 0. The van der Waals surface area contributed by atoms with Gasteiger partial charge in [0.25, 0.3) is 0 Å². The van der Waals surface area contributed by atoms with E-state index in [4.69, 9.17) is 5.26 Å². The van der Waals surface area contributed by atoms with Crippen LogP contribution in [0.1, 0.15) is 75.7 Å². The van der Waals surface area contributed by atoms with Crippen LogP contribution in [0.15, 0.2) is 48.3 Å². The van der Waals surface area contributed by atoms with Crippen LogP contribution in [0.5, 0.6) is 0 Å². The van der Waals surface area contributed by atoms with E-state index in [0.29, 0.717) is 5.92 Å². The van der Waals surface area contributed by atoms with Crippen LogP contribution in [0.25, 0.3) is 0 Å². The highest BCUT2D eigenvalue weighted by Gasteiger charge is 2.31. The van der Waals surface area contributed by atoms with Crippen molar-refractivity contribution < 1.29 is 8.78 Å². The van der Waals surface area contributed by atoms with E-state index in [1.54, 1.807) is 18.2 Å². The summed E-state index contributed by atoms with van der Waals surface area (Å²) in [4.78, 5) is 0. The summed E-state index contributed by atoms with van der Waals surface area (Å²) < 4.78 is 25.8. The summed E-state index contributed by atoms with van der Waals surface area (Å²) in [7, 11) is 0. The van der Waals surface area contributed by atoms with Crippen LogP contribution in [0.2, 0.25) is 0 Å². The summed E-state index contributed by atoms with van der Waals surface area (Å²) in [6.45, 7) is 0. The van der Waals surface area contributed by atoms with Crippen molar-refractivity contribution in [1.29, 1.82) is 5.26 Å². The maximum atomic E-state index is 13.1. The molecular weight excluding hydrogens is 352 g/mol. The Bertz CT molecular complexity index is 697. The van der Waals surface area contributed by atoms with E-state index in [1.165, 1.54) is 75.5 Å². The van der Waals surface area contributed by atoms with Gasteiger partial charge in [-0.15, -0.1) is 0 Å². The number of hydrogen-bond acceptors (Lipinski definition) is 1. The normalized spacial score (nSPS) is 29.0. The first-order valence-corrected chi connectivity index (χ1v) is 10.8. The Kier molecular flexibility index (Phi) is 7.83. The minimum atomic E-state index is -0.731. The monoisotopic (exact) mass is 383 g/mol. The third kappa shape index (κ3) is 6.03. The average Bonchev–Trinajstić information content (AvgIpc) is 2.74. The molecule has 2 aliphatic rings. The zero-order valence-electron chi connectivity index (χ0n) is 16.6. The first kappa shape index (κ1) is 20.8. The molecule has 1 aromatic carbocycles. The largest absolute Gasteiger partial charge is 0.207 e. The molecule has 1 nitrogen and oxygen atoms in total. The van der Waals surface area contributed by atoms with Crippen molar-refractivity contribution in [2.75, 3.05) is 0 Å². The standard InChI is InChI=1S/C25H31F2N/c26-24-16-14-23(15-17-24)22-12-10-21(11-13-22)20-8-6-19(7-9-20)4-2-1-3-5-25(27)18-28/h1,3,5,14-17,19-22H,2,4,6-13H2/t19-,20-,21-,22-. The topological polar surface area (TPSA) is 23.8 Å². The van der Waals surface area contributed by atoms with Crippen LogP contribution < -0.4 is 0 Å². The lowest BCUT2D eigenvalue weighted by Gasteiger charge is -2.38. The van der Waals surface area contributed by atoms with E-state index in [2.05, 4.69) is 0 Å². The molecule has 3 heteroatoms. The van der Waals surface area contributed by atoms with E-state index in [0.717, 1.165) is 24.2 Å². The van der Waals surface area contributed by atoms with Gasteiger partial charge >= 0.3 is 0 Å². The average molecular weight is 384 g/mol.